The van der Waals surface area contributed by atoms with Crippen molar-refractivity contribution in [2.75, 3.05) is 4.31 Å². The molecule has 76 valence electrons. The summed E-state index contributed by atoms with van der Waals surface area (Å²) in [5.74, 6) is 0. The third kappa shape index (κ3) is 1.93. The first-order valence-electron chi connectivity index (χ1n) is 4.19. The monoisotopic (exact) mass is 256 g/mol. The summed E-state index contributed by atoms with van der Waals surface area (Å²) in [7, 11) is 0. The number of rotatable bonds is 1. The third-order valence-electron chi connectivity index (χ3n) is 1.97. The molecule has 0 N–H and O–H groups in total. The molecule has 15 heavy (non-hydrogen) atoms. The van der Waals surface area contributed by atoms with Crippen molar-refractivity contribution in [1.82, 2.24) is 0 Å². The van der Waals surface area contributed by atoms with Gasteiger partial charge < -0.3 is 0 Å². The zero-order chi connectivity index (χ0) is 10.8. The maximum absolute atomic E-state index is 8.95. The van der Waals surface area contributed by atoms with Crippen molar-refractivity contribution in [3.05, 3.63) is 40.3 Å². The van der Waals surface area contributed by atoms with Crippen molar-refractivity contribution in [1.29, 1.82) is 5.26 Å². The molecule has 1 atom stereocenters. The number of hydrogen-bond acceptors (Lipinski definition) is 3. The molecule has 1 unspecified atom stereocenters. The number of nitriles is 1. The third-order valence-corrected chi connectivity index (χ3v) is 4.07. The molecule has 1 aromatic carbocycles. The molecule has 0 bridgehead atoms. The number of benzene rings is 1. The number of alkyl halides is 1. The zero-order valence-electron chi connectivity index (χ0n) is 7.52. The lowest BCUT2D eigenvalue weighted by molar-refractivity contribution is 1.12. The molecular weight excluding hydrogens is 251 g/mol. The summed E-state index contributed by atoms with van der Waals surface area (Å²) >= 11 is 13.4. The van der Waals surface area contributed by atoms with Gasteiger partial charge in [-0.25, -0.2) is 0 Å². The Morgan fingerprint density at radius 1 is 1.40 bits per heavy atom. The fourth-order valence-corrected chi connectivity index (χ4v) is 2.76. The molecule has 0 saturated carbocycles. The highest BCUT2D eigenvalue weighted by Crippen LogP contribution is 2.40. The lowest BCUT2D eigenvalue weighted by Gasteiger charge is -2.21. The first-order chi connectivity index (χ1) is 7.24. The molecule has 0 amide bonds. The summed E-state index contributed by atoms with van der Waals surface area (Å²) in [5, 5.41) is 11.3. The zero-order valence-corrected chi connectivity index (χ0v) is 9.85. The summed E-state index contributed by atoms with van der Waals surface area (Å²) in [5.41, 5.74) is 0.985. The van der Waals surface area contributed by atoms with E-state index in [0.717, 1.165) is 5.69 Å². The molecule has 1 heterocycles. The molecule has 0 saturated heterocycles. The van der Waals surface area contributed by atoms with Gasteiger partial charge in [0.2, 0.25) is 0 Å². The Morgan fingerprint density at radius 3 is 2.73 bits per heavy atom. The largest absolute Gasteiger partial charge is 0.288 e. The van der Waals surface area contributed by atoms with E-state index in [9.17, 15) is 0 Å². The standard InChI is InChI=1S/C10H6Cl2N2S/c11-8-6-15-14(10(8)12)9-4-2-1-3-7(9)5-13/h1-4,6,10H. The number of anilines is 1. The van der Waals surface area contributed by atoms with Crippen molar-refractivity contribution < 1.29 is 0 Å². The number of hydrogen-bond donors (Lipinski definition) is 0. The highest BCUT2D eigenvalue weighted by atomic mass is 35.5. The predicted octanol–water partition coefficient (Wildman–Crippen LogP) is 3.67. The Hall–Kier alpha value is -0.820. The highest BCUT2D eigenvalue weighted by Gasteiger charge is 2.27. The van der Waals surface area contributed by atoms with Crippen LogP contribution in [0.15, 0.2) is 34.7 Å². The van der Waals surface area contributed by atoms with Crippen molar-refractivity contribution in [3.63, 3.8) is 0 Å². The van der Waals surface area contributed by atoms with Gasteiger partial charge in [0.15, 0.2) is 5.50 Å². The predicted molar refractivity (Wildman–Crippen MR) is 64.8 cm³/mol. The molecule has 0 spiro atoms. The molecule has 1 aliphatic rings. The SMILES string of the molecule is N#Cc1ccccc1N1SC=C(Cl)C1Cl. The molecule has 1 aliphatic heterocycles. The molecular formula is C10H6Cl2N2S. The summed E-state index contributed by atoms with van der Waals surface area (Å²) in [6.07, 6.45) is 0. The van der Waals surface area contributed by atoms with E-state index in [1.54, 1.807) is 11.5 Å². The second-order valence-corrected chi connectivity index (χ2v) is 4.59. The fourth-order valence-electron chi connectivity index (χ4n) is 1.27. The van der Waals surface area contributed by atoms with Crippen LogP contribution in [0.4, 0.5) is 5.69 Å². The van der Waals surface area contributed by atoms with Crippen molar-refractivity contribution in [2.24, 2.45) is 0 Å². The average Bonchev–Trinajstić information content (AvgIpc) is 2.60. The van der Waals surface area contributed by atoms with Crippen molar-refractivity contribution in [3.8, 4) is 6.07 Å². The number of nitrogens with zero attached hydrogens (tertiary/aromatic N) is 2. The van der Waals surface area contributed by atoms with Crippen LogP contribution in [0.5, 0.6) is 0 Å². The minimum atomic E-state index is -0.397. The van der Waals surface area contributed by atoms with Crippen LogP contribution in [0.2, 0.25) is 0 Å². The molecule has 5 heteroatoms. The second kappa shape index (κ2) is 4.36. The van der Waals surface area contributed by atoms with Crippen LogP contribution in [-0.4, -0.2) is 5.50 Å². The smallest absolute Gasteiger partial charge is 0.151 e. The lowest BCUT2D eigenvalue weighted by Crippen LogP contribution is -2.20. The lowest BCUT2D eigenvalue weighted by atomic mass is 10.2. The van der Waals surface area contributed by atoms with E-state index < -0.39 is 5.50 Å². The van der Waals surface area contributed by atoms with E-state index in [1.165, 1.54) is 11.9 Å². The first kappa shape index (κ1) is 10.7. The van der Waals surface area contributed by atoms with Crippen LogP contribution in [-0.2, 0) is 0 Å². The van der Waals surface area contributed by atoms with E-state index >= 15 is 0 Å². The van der Waals surface area contributed by atoms with E-state index in [1.807, 2.05) is 22.5 Å². The van der Waals surface area contributed by atoms with Gasteiger partial charge in [0, 0.05) is 5.41 Å². The first-order valence-corrected chi connectivity index (χ1v) is 5.84. The van der Waals surface area contributed by atoms with Crippen LogP contribution in [0.1, 0.15) is 5.56 Å². The van der Waals surface area contributed by atoms with Gasteiger partial charge in [-0.1, -0.05) is 35.3 Å². The quantitative estimate of drug-likeness (QED) is 0.436. The topological polar surface area (TPSA) is 27.0 Å². The van der Waals surface area contributed by atoms with Gasteiger partial charge in [0.1, 0.15) is 6.07 Å². The second-order valence-electron chi connectivity index (χ2n) is 2.90. The fraction of sp³-hybridized carbons (Fsp3) is 0.100. The van der Waals surface area contributed by atoms with Gasteiger partial charge in [-0.15, -0.1) is 0 Å². The van der Waals surface area contributed by atoms with Crippen LogP contribution >= 0.6 is 35.1 Å². The van der Waals surface area contributed by atoms with E-state index in [4.69, 9.17) is 28.5 Å². The molecule has 1 aromatic rings. The molecule has 2 rings (SSSR count). The highest BCUT2D eigenvalue weighted by molar-refractivity contribution is 8.03. The van der Waals surface area contributed by atoms with Crippen LogP contribution in [0.3, 0.4) is 0 Å². The minimum Gasteiger partial charge on any atom is -0.288 e. The van der Waals surface area contributed by atoms with Crippen LogP contribution in [0, 0.1) is 11.3 Å². The Labute approximate surface area is 102 Å². The summed E-state index contributed by atoms with van der Waals surface area (Å²) < 4.78 is 1.81. The maximum atomic E-state index is 8.95. The Kier molecular flexibility index (Phi) is 3.11. The molecule has 0 radical (unpaired) electrons. The maximum Gasteiger partial charge on any atom is 0.151 e. The Balaban J connectivity index is 2.36. The number of para-hydroxylation sites is 1. The van der Waals surface area contributed by atoms with Gasteiger partial charge in [-0.3, -0.25) is 4.31 Å². The summed E-state index contributed by atoms with van der Waals surface area (Å²) in [4.78, 5) is 0. The van der Waals surface area contributed by atoms with Gasteiger partial charge >= 0.3 is 0 Å². The van der Waals surface area contributed by atoms with E-state index in [0.29, 0.717) is 10.6 Å². The van der Waals surface area contributed by atoms with Gasteiger partial charge in [0.05, 0.1) is 16.3 Å². The minimum absolute atomic E-state index is 0.397. The molecule has 2 nitrogen and oxygen atoms in total. The van der Waals surface area contributed by atoms with E-state index in [2.05, 4.69) is 6.07 Å². The summed E-state index contributed by atoms with van der Waals surface area (Å²) in [6.45, 7) is 0. The number of halogens is 2. The van der Waals surface area contributed by atoms with Gasteiger partial charge in [-0.05, 0) is 24.1 Å². The van der Waals surface area contributed by atoms with Gasteiger partial charge in [-0.2, -0.15) is 5.26 Å². The molecule has 0 fully saturated rings. The summed E-state index contributed by atoms with van der Waals surface area (Å²) in [6, 6.07) is 9.42. The Bertz CT molecular complexity index is 453. The van der Waals surface area contributed by atoms with Crippen molar-refractivity contribution >= 4 is 40.8 Å². The average molecular weight is 257 g/mol. The molecule has 0 aliphatic carbocycles. The normalized spacial score (nSPS) is 19.9. The van der Waals surface area contributed by atoms with Crippen LogP contribution in [0.25, 0.3) is 0 Å². The van der Waals surface area contributed by atoms with E-state index in [-0.39, 0.29) is 0 Å². The van der Waals surface area contributed by atoms with Crippen LogP contribution < -0.4 is 4.31 Å². The van der Waals surface area contributed by atoms with Gasteiger partial charge in [0.25, 0.3) is 0 Å². The Morgan fingerprint density at radius 2 is 2.13 bits per heavy atom. The molecule has 0 aromatic heterocycles. The van der Waals surface area contributed by atoms with Crippen molar-refractivity contribution in [2.45, 2.75) is 5.50 Å².